The number of hydrogen-bond donors (Lipinski definition) is 1. The second-order valence-electron chi connectivity index (χ2n) is 19.8. The number of rotatable bonds is 6. The quantitative estimate of drug-likeness (QED) is 0.175. The zero-order valence-electron chi connectivity index (χ0n) is 35.5. The van der Waals surface area contributed by atoms with E-state index in [0.717, 1.165) is 17.3 Å². The van der Waals surface area contributed by atoms with Gasteiger partial charge < -0.3 is 10.1 Å². The molecule has 56 heavy (non-hydrogen) atoms. The van der Waals surface area contributed by atoms with Crippen LogP contribution in [-0.2, 0) is 32.8 Å². The molecule has 0 bridgehead atoms. The van der Waals surface area contributed by atoms with Crippen molar-refractivity contribution in [3.05, 3.63) is 154 Å². The van der Waals surface area contributed by atoms with E-state index in [9.17, 15) is 4.79 Å². The Morgan fingerprint density at radius 3 is 1.66 bits per heavy atom. The van der Waals surface area contributed by atoms with Gasteiger partial charge in [0.15, 0.2) is 0 Å². The van der Waals surface area contributed by atoms with Crippen molar-refractivity contribution in [2.45, 2.75) is 123 Å². The molecule has 0 saturated heterocycles. The third kappa shape index (κ3) is 8.01. The van der Waals surface area contributed by atoms with Crippen LogP contribution < -0.4 is 21.2 Å². The molecule has 1 aliphatic heterocycles. The van der Waals surface area contributed by atoms with E-state index in [-0.39, 0.29) is 39.7 Å². The van der Waals surface area contributed by atoms with Crippen LogP contribution in [0, 0.1) is 0 Å². The van der Waals surface area contributed by atoms with E-state index in [4.69, 9.17) is 9.73 Å². The average molecular weight is 763 g/mol. The van der Waals surface area contributed by atoms with Crippen LogP contribution in [0.1, 0.15) is 138 Å². The minimum atomic E-state index is -1.18. The van der Waals surface area contributed by atoms with Gasteiger partial charge in [-0.2, -0.15) is 0 Å². The van der Waals surface area contributed by atoms with Gasteiger partial charge in [0.1, 0.15) is 12.1 Å². The fraction of sp³-hybridized carbons (Fsp3) is 0.373. The smallest absolute Gasteiger partial charge is 0.256 e. The Bertz CT molecular complexity index is 2190. The van der Waals surface area contributed by atoms with Gasteiger partial charge in [-0.25, -0.2) is 4.99 Å². The third-order valence-corrected chi connectivity index (χ3v) is 13.7. The van der Waals surface area contributed by atoms with E-state index >= 15 is 0 Å². The number of carbonyl (C=O) groups is 1. The molecule has 2 aliphatic rings. The number of hydrogen-bond acceptors (Lipinski definition) is 3. The van der Waals surface area contributed by atoms with Gasteiger partial charge in [-0.3, -0.25) is 4.79 Å². The maximum Gasteiger partial charge on any atom is 0.256 e. The number of para-hydroxylation sites is 1. The van der Waals surface area contributed by atoms with Gasteiger partial charge in [-0.15, -0.1) is 0 Å². The van der Waals surface area contributed by atoms with Crippen LogP contribution >= 0.6 is 7.92 Å². The number of anilines is 1. The Morgan fingerprint density at radius 2 is 1.11 bits per heavy atom. The van der Waals surface area contributed by atoms with Crippen molar-refractivity contribution in [1.29, 1.82) is 0 Å². The molecule has 7 rings (SSSR count). The van der Waals surface area contributed by atoms with E-state index < -0.39 is 7.92 Å². The van der Waals surface area contributed by atoms with Crippen LogP contribution in [0.2, 0.25) is 0 Å². The lowest BCUT2D eigenvalue weighted by Gasteiger charge is -2.31. The van der Waals surface area contributed by atoms with Crippen LogP contribution in [-0.4, -0.2) is 17.9 Å². The van der Waals surface area contributed by atoms with E-state index in [2.05, 4.69) is 161 Å². The van der Waals surface area contributed by atoms with Crippen LogP contribution in [0.3, 0.4) is 0 Å². The first kappa shape index (κ1) is 39.7. The number of benzene rings is 5. The fourth-order valence-electron chi connectivity index (χ4n) is 7.70. The summed E-state index contributed by atoms with van der Waals surface area (Å²) in [7, 11) is -1.18. The molecule has 290 valence electrons. The summed E-state index contributed by atoms with van der Waals surface area (Å²) in [6, 6.07) is 39.0. The number of aliphatic imine (C=N–C) groups is 1. The van der Waals surface area contributed by atoms with E-state index in [0.29, 0.717) is 17.1 Å². The molecular weight excluding hydrogens is 704 g/mol. The number of ether oxygens (including phenoxy) is 1. The first-order chi connectivity index (χ1) is 26.2. The predicted molar refractivity (Wildman–Crippen MR) is 239 cm³/mol. The largest absolute Gasteiger partial charge is 0.471 e. The molecule has 5 aromatic rings. The third-order valence-electron chi connectivity index (χ3n) is 11.3. The molecule has 0 radical (unpaired) electrons. The average Bonchev–Trinajstić information content (AvgIpc) is 3.69. The van der Waals surface area contributed by atoms with Crippen molar-refractivity contribution >= 4 is 41.3 Å². The first-order valence-corrected chi connectivity index (χ1v) is 21.5. The molecule has 5 heteroatoms. The number of fused-ring (bicyclic) bond motifs is 3. The molecule has 0 aromatic heterocycles. The highest BCUT2D eigenvalue weighted by Crippen LogP contribution is 2.43. The van der Waals surface area contributed by atoms with E-state index in [1.54, 1.807) is 0 Å². The second-order valence-corrected chi connectivity index (χ2v) is 22.0. The summed E-state index contributed by atoms with van der Waals surface area (Å²) < 4.78 is 6.52. The molecule has 4 nitrogen and oxygen atoms in total. The van der Waals surface area contributed by atoms with Crippen molar-refractivity contribution < 1.29 is 9.53 Å². The highest BCUT2D eigenvalue weighted by atomic mass is 31.1. The van der Waals surface area contributed by atoms with Gasteiger partial charge in [-0.05, 0) is 97.1 Å². The Balaban J connectivity index is 1.37. The monoisotopic (exact) mass is 762 g/mol. The zero-order chi connectivity index (χ0) is 40.4. The molecule has 2 atom stereocenters. The molecular formula is C51H59N2O2P. The normalized spacial score (nSPS) is 17.0. The van der Waals surface area contributed by atoms with Gasteiger partial charge in [0, 0.05) is 12.0 Å². The molecule has 0 fully saturated rings. The first-order valence-electron chi connectivity index (χ1n) is 20.1. The summed E-state index contributed by atoms with van der Waals surface area (Å²) in [4.78, 5) is 19.9. The minimum absolute atomic E-state index is 0.0286. The maximum absolute atomic E-state index is 14.9. The van der Waals surface area contributed by atoms with Crippen molar-refractivity contribution in [1.82, 2.24) is 0 Å². The molecule has 0 saturated carbocycles. The predicted octanol–water partition coefficient (Wildman–Crippen LogP) is 11.3. The summed E-state index contributed by atoms with van der Waals surface area (Å²) in [5.74, 6) is 0.444. The number of nitrogens with zero attached hydrogens (tertiary/aromatic N) is 1. The van der Waals surface area contributed by atoms with E-state index in [1.807, 2.05) is 36.4 Å². The lowest BCUT2D eigenvalue weighted by Crippen LogP contribution is -2.31. The summed E-state index contributed by atoms with van der Waals surface area (Å²) in [5.41, 5.74) is 9.65. The SMILES string of the molecule is CC(C)(C)c1cc(P(c2cc(C(C)(C)C)cc(C(C)(C)C)c2)c2ccccc2C(=O)Nc2ccccc2C2=N[C@@H]3c4ccccc4C[C@@H]3O2)cc(C(C)(C)C)c1. The minimum Gasteiger partial charge on any atom is -0.471 e. The van der Waals surface area contributed by atoms with Crippen molar-refractivity contribution in [3.8, 4) is 0 Å². The van der Waals surface area contributed by atoms with Gasteiger partial charge in [0.25, 0.3) is 5.91 Å². The Morgan fingerprint density at radius 1 is 0.625 bits per heavy atom. The Kier molecular flexibility index (Phi) is 10.2. The van der Waals surface area contributed by atoms with Gasteiger partial charge in [0.2, 0.25) is 5.90 Å². The molecule has 0 spiro atoms. The van der Waals surface area contributed by atoms with Crippen molar-refractivity contribution in [2.75, 3.05) is 5.32 Å². The molecule has 5 aromatic carbocycles. The standard InChI is InChI=1S/C51H59N2O2P/c1-48(2,3)33-26-34(49(4,5)6)29-37(28-33)56(38-30-35(50(7,8)9)27-36(31-38)51(10,11)12)44-24-18-16-22-41(44)46(54)52-42-23-17-15-21-40(42)47-53-45-39-20-14-13-19-32(39)25-43(45)55-47/h13-24,26-31,43,45H,25H2,1-12H3,(H,52,54)/t43-,45+/m0/s1. The molecule has 0 unspecified atom stereocenters. The van der Waals surface area contributed by atoms with Crippen molar-refractivity contribution in [3.63, 3.8) is 0 Å². The van der Waals surface area contributed by atoms with Gasteiger partial charge in [0.05, 0.1) is 11.3 Å². The summed E-state index contributed by atoms with van der Waals surface area (Å²) in [5, 5.41) is 6.89. The number of nitrogens with one attached hydrogen (secondary N) is 1. The van der Waals surface area contributed by atoms with Crippen LogP contribution in [0.4, 0.5) is 5.69 Å². The topological polar surface area (TPSA) is 50.7 Å². The van der Waals surface area contributed by atoms with Crippen LogP contribution in [0.5, 0.6) is 0 Å². The summed E-state index contributed by atoms with van der Waals surface area (Å²) >= 11 is 0. The molecule has 1 N–H and O–H groups in total. The molecule has 1 aliphatic carbocycles. The van der Waals surface area contributed by atoms with Gasteiger partial charge >= 0.3 is 0 Å². The number of amides is 1. The van der Waals surface area contributed by atoms with Crippen LogP contribution in [0.15, 0.2) is 114 Å². The highest BCUT2D eigenvalue weighted by Gasteiger charge is 2.40. The second kappa shape index (κ2) is 14.4. The zero-order valence-corrected chi connectivity index (χ0v) is 36.4. The lowest BCUT2D eigenvalue weighted by molar-refractivity contribution is 0.102. The van der Waals surface area contributed by atoms with Gasteiger partial charge in [-0.1, -0.05) is 174 Å². The van der Waals surface area contributed by atoms with Crippen LogP contribution in [0.25, 0.3) is 0 Å². The Hall–Kier alpha value is -4.53. The fourth-order valence-corrected chi connectivity index (χ4v) is 10.3. The van der Waals surface area contributed by atoms with Crippen molar-refractivity contribution in [2.24, 2.45) is 4.99 Å². The lowest BCUT2D eigenvalue weighted by atomic mass is 9.81. The maximum atomic E-state index is 14.9. The van der Waals surface area contributed by atoms with E-state index in [1.165, 1.54) is 44.0 Å². The number of carbonyl (C=O) groups excluding carboxylic acids is 1. The summed E-state index contributed by atoms with van der Waals surface area (Å²) in [6.45, 7) is 27.5. The summed E-state index contributed by atoms with van der Waals surface area (Å²) in [6.07, 6.45) is 0.805. The molecule has 1 heterocycles. The highest BCUT2D eigenvalue weighted by molar-refractivity contribution is 7.80. The Labute approximate surface area is 337 Å². The molecule has 1 amide bonds.